The molecule has 8 nitrogen and oxygen atoms in total. The van der Waals surface area contributed by atoms with Gasteiger partial charge < -0.3 is 25.8 Å². The highest BCUT2D eigenvalue weighted by Gasteiger charge is 2.27. The zero-order valence-electron chi connectivity index (χ0n) is 10.8. The third-order valence-corrected chi connectivity index (χ3v) is 2.90. The van der Waals surface area contributed by atoms with E-state index in [4.69, 9.17) is 15.6 Å². The number of nitrogens with two attached hydrogens (primary N) is 1. The van der Waals surface area contributed by atoms with E-state index in [-0.39, 0.29) is 18.9 Å². The molecule has 1 rings (SSSR count). The van der Waals surface area contributed by atoms with Crippen molar-refractivity contribution in [2.24, 2.45) is 5.73 Å². The van der Waals surface area contributed by atoms with E-state index in [2.05, 4.69) is 5.32 Å². The summed E-state index contributed by atoms with van der Waals surface area (Å²) in [6.45, 7) is 3.08. The summed E-state index contributed by atoms with van der Waals surface area (Å²) < 4.78 is 5.19. The van der Waals surface area contributed by atoms with Gasteiger partial charge in [0.1, 0.15) is 6.04 Å². The number of carbonyl (C=O) groups is 3. The molecule has 0 aromatic carbocycles. The largest absolute Gasteiger partial charge is 0.480 e. The summed E-state index contributed by atoms with van der Waals surface area (Å²) in [5, 5.41) is 11.4. The molecule has 19 heavy (non-hydrogen) atoms. The van der Waals surface area contributed by atoms with Crippen LogP contribution in [0.3, 0.4) is 0 Å². The van der Waals surface area contributed by atoms with Crippen molar-refractivity contribution < 1.29 is 24.2 Å². The molecule has 0 saturated carbocycles. The summed E-state index contributed by atoms with van der Waals surface area (Å²) in [6, 6.07) is -1.69. The van der Waals surface area contributed by atoms with E-state index in [1.165, 1.54) is 4.90 Å². The molecule has 2 unspecified atom stereocenters. The van der Waals surface area contributed by atoms with Crippen LogP contribution >= 0.6 is 0 Å². The number of ether oxygens (including phenoxy) is 1. The minimum Gasteiger partial charge on any atom is -0.480 e. The molecule has 0 aromatic heterocycles. The standard InChI is InChI=1S/C11H19N3O5/c1-7-6-19-5-4-14(7)11(18)13-8(10(16)17)2-3-9(12)15/h7-8H,2-6H2,1H3,(H2,12,15)(H,13,18)(H,16,17). The second kappa shape index (κ2) is 6.93. The summed E-state index contributed by atoms with van der Waals surface area (Å²) in [5.41, 5.74) is 4.97. The number of carboxylic acid groups (broad SMARTS) is 1. The highest BCUT2D eigenvalue weighted by molar-refractivity contribution is 5.83. The van der Waals surface area contributed by atoms with Crippen molar-refractivity contribution in [1.29, 1.82) is 0 Å². The summed E-state index contributed by atoms with van der Waals surface area (Å²) in [7, 11) is 0. The number of hydrogen-bond acceptors (Lipinski definition) is 4. The number of amides is 3. The van der Waals surface area contributed by atoms with Gasteiger partial charge in [-0.15, -0.1) is 0 Å². The van der Waals surface area contributed by atoms with Gasteiger partial charge in [0, 0.05) is 13.0 Å². The fourth-order valence-corrected chi connectivity index (χ4v) is 1.80. The van der Waals surface area contributed by atoms with Gasteiger partial charge in [-0.25, -0.2) is 9.59 Å². The number of rotatable bonds is 5. The van der Waals surface area contributed by atoms with E-state index < -0.39 is 23.9 Å². The van der Waals surface area contributed by atoms with Crippen LogP contribution in [0.2, 0.25) is 0 Å². The van der Waals surface area contributed by atoms with Gasteiger partial charge in [0.15, 0.2) is 0 Å². The molecule has 108 valence electrons. The van der Waals surface area contributed by atoms with E-state index in [1.807, 2.05) is 6.92 Å². The minimum atomic E-state index is -1.18. The Morgan fingerprint density at radius 1 is 1.53 bits per heavy atom. The molecular weight excluding hydrogens is 254 g/mol. The van der Waals surface area contributed by atoms with Crippen molar-refractivity contribution in [3.63, 3.8) is 0 Å². The van der Waals surface area contributed by atoms with E-state index in [9.17, 15) is 14.4 Å². The van der Waals surface area contributed by atoms with Gasteiger partial charge in [-0.1, -0.05) is 0 Å². The molecule has 0 radical (unpaired) electrons. The molecule has 1 fully saturated rings. The van der Waals surface area contributed by atoms with E-state index in [0.29, 0.717) is 19.8 Å². The van der Waals surface area contributed by atoms with Crippen LogP contribution in [-0.4, -0.2) is 59.8 Å². The fraction of sp³-hybridized carbons (Fsp3) is 0.727. The van der Waals surface area contributed by atoms with E-state index in [1.54, 1.807) is 0 Å². The molecule has 1 heterocycles. The number of urea groups is 1. The molecule has 1 aliphatic heterocycles. The normalized spacial score (nSPS) is 20.7. The molecule has 0 aromatic rings. The number of nitrogens with one attached hydrogen (secondary N) is 1. The summed E-state index contributed by atoms with van der Waals surface area (Å²) in [5.74, 6) is -1.78. The van der Waals surface area contributed by atoms with Crippen LogP contribution in [0, 0.1) is 0 Å². The highest BCUT2D eigenvalue weighted by Crippen LogP contribution is 2.07. The Labute approximate surface area is 110 Å². The molecule has 1 saturated heterocycles. The van der Waals surface area contributed by atoms with E-state index >= 15 is 0 Å². The molecule has 0 aliphatic carbocycles. The molecule has 1 aliphatic rings. The lowest BCUT2D eigenvalue weighted by Gasteiger charge is -2.34. The lowest BCUT2D eigenvalue weighted by molar-refractivity contribution is -0.139. The van der Waals surface area contributed by atoms with Crippen LogP contribution < -0.4 is 11.1 Å². The predicted octanol–water partition coefficient (Wildman–Crippen LogP) is -0.865. The predicted molar refractivity (Wildman–Crippen MR) is 65.4 cm³/mol. The third-order valence-electron chi connectivity index (χ3n) is 2.90. The van der Waals surface area contributed by atoms with Crippen molar-refractivity contribution in [2.75, 3.05) is 19.8 Å². The number of primary amides is 1. The SMILES string of the molecule is CC1COCCN1C(=O)NC(CCC(N)=O)C(=O)O. The Morgan fingerprint density at radius 3 is 2.74 bits per heavy atom. The smallest absolute Gasteiger partial charge is 0.326 e. The molecule has 3 amide bonds. The second-order valence-corrected chi connectivity index (χ2v) is 4.46. The number of aliphatic carboxylic acids is 1. The number of carboxylic acids is 1. The highest BCUT2D eigenvalue weighted by atomic mass is 16.5. The molecular formula is C11H19N3O5. The van der Waals surface area contributed by atoms with Crippen LogP contribution in [0.1, 0.15) is 19.8 Å². The molecule has 2 atom stereocenters. The van der Waals surface area contributed by atoms with Gasteiger partial charge in [-0.2, -0.15) is 0 Å². The molecule has 0 bridgehead atoms. The van der Waals surface area contributed by atoms with Gasteiger partial charge in [0.05, 0.1) is 19.3 Å². The Morgan fingerprint density at radius 2 is 2.21 bits per heavy atom. The maximum atomic E-state index is 11.9. The Balaban J connectivity index is 2.55. The maximum absolute atomic E-state index is 11.9. The summed E-state index contributed by atoms with van der Waals surface area (Å²) in [6.07, 6.45) is -0.106. The topological polar surface area (TPSA) is 122 Å². The van der Waals surface area contributed by atoms with Crippen LogP contribution in [0.15, 0.2) is 0 Å². The van der Waals surface area contributed by atoms with Crippen molar-refractivity contribution in [3.05, 3.63) is 0 Å². The zero-order chi connectivity index (χ0) is 14.4. The Bertz CT molecular complexity index is 360. The summed E-state index contributed by atoms with van der Waals surface area (Å²) >= 11 is 0. The van der Waals surface area contributed by atoms with Crippen LogP contribution in [0.5, 0.6) is 0 Å². The van der Waals surface area contributed by atoms with Gasteiger partial charge in [-0.3, -0.25) is 4.79 Å². The first-order valence-electron chi connectivity index (χ1n) is 6.07. The quantitative estimate of drug-likeness (QED) is 0.601. The van der Waals surface area contributed by atoms with Crippen molar-refractivity contribution in [2.45, 2.75) is 31.8 Å². The number of morpholine rings is 1. The Hall–Kier alpha value is -1.83. The average molecular weight is 273 g/mol. The lowest BCUT2D eigenvalue weighted by Crippen LogP contribution is -2.54. The van der Waals surface area contributed by atoms with Crippen LogP contribution in [-0.2, 0) is 14.3 Å². The first-order chi connectivity index (χ1) is 8.91. The van der Waals surface area contributed by atoms with E-state index in [0.717, 1.165) is 0 Å². The number of nitrogens with zero attached hydrogens (tertiary/aromatic N) is 1. The van der Waals surface area contributed by atoms with Gasteiger partial charge in [-0.05, 0) is 13.3 Å². The molecule has 0 spiro atoms. The first kappa shape index (κ1) is 15.2. The van der Waals surface area contributed by atoms with Crippen molar-refractivity contribution >= 4 is 17.9 Å². The maximum Gasteiger partial charge on any atom is 0.326 e. The van der Waals surface area contributed by atoms with Crippen molar-refractivity contribution in [1.82, 2.24) is 10.2 Å². The van der Waals surface area contributed by atoms with Gasteiger partial charge >= 0.3 is 12.0 Å². The Kier molecular flexibility index (Phi) is 5.56. The van der Waals surface area contributed by atoms with Gasteiger partial charge in [0.2, 0.25) is 5.91 Å². The zero-order valence-corrected chi connectivity index (χ0v) is 10.8. The van der Waals surface area contributed by atoms with Crippen LogP contribution in [0.25, 0.3) is 0 Å². The molecule has 8 heteroatoms. The lowest BCUT2D eigenvalue weighted by atomic mass is 10.1. The van der Waals surface area contributed by atoms with Gasteiger partial charge in [0.25, 0.3) is 0 Å². The van der Waals surface area contributed by atoms with Crippen LogP contribution in [0.4, 0.5) is 4.79 Å². The summed E-state index contributed by atoms with van der Waals surface area (Å²) in [4.78, 5) is 35.1. The fourth-order valence-electron chi connectivity index (χ4n) is 1.80. The van der Waals surface area contributed by atoms with Crippen molar-refractivity contribution in [3.8, 4) is 0 Å². The average Bonchev–Trinajstić information content (AvgIpc) is 2.34. The second-order valence-electron chi connectivity index (χ2n) is 4.46. The molecule has 4 N–H and O–H groups in total. The third kappa shape index (κ3) is 4.74. The first-order valence-corrected chi connectivity index (χ1v) is 6.07. The number of hydrogen-bond donors (Lipinski definition) is 3. The minimum absolute atomic E-state index is 0.0187. The number of carbonyl (C=O) groups excluding carboxylic acids is 2. The monoisotopic (exact) mass is 273 g/mol.